The van der Waals surface area contributed by atoms with E-state index < -0.39 is 0 Å². The average molecular weight is 281 g/mol. The molecule has 0 spiro atoms. The van der Waals surface area contributed by atoms with Gasteiger partial charge in [0.2, 0.25) is 0 Å². The van der Waals surface area contributed by atoms with Crippen molar-refractivity contribution in [1.29, 1.82) is 0 Å². The maximum Gasteiger partial charge on any atom is 0.325 e. The zero-order valence-electron chi connectivity index (χ0n) is 13.3. The van der Waals surface area contributed by atoms with Crippen molar-refractivity contribution in [3.63, 3.8) is 0 Å². The number of carbonyl (C=O) groups excluding carboxylic acids is 1. The molecule has 2 rings (SSSR count). The summed E-state index contributed by atoms with van der Waals surface area (Å²) in [6.45, 7) is 9.13. The summed E-state index contributed by atoms with van der Waals surface area (Å²) >= 11 is 0. The molecule has 0 amide bonds. The van der Waals surface area contributed by atoms with Crippen molar-refractivity contribution in [2.24, 2.45) is 11.8 Å². The van der Waals surface area contributed by atoms with E-state index in [-0.39, 0.29) is 24.3 Å². The fourth-order valence-electron chi connectivity index (χ4n) is 3.58. The van der Waals surface area contributed by atoms with Crippen molar-refractivity contribution in [3.8, 4) is 0 Å². The first-order chi connectivity index (χ1) is 9.45. The number of ether oxygens (including phenoxy) is 2. The number of hydrogen-bond donors (Lipinski definition) is 0. The Morgan fingerprint density at radius 1 is 1.50 bits per heavy atom. The minimum atomic E-state index is -0.260. The first kappa shape index (κ1) is 15.5. The molecule has 1 heterocycles. The van der Waals surface area contributed by atoms with Gasteiger partial charge in [-0.15, -0.1) is 0 Å². The molecule has 4 nitrogen and oxygen atoms in total. The molecule has 114 valence electrons. The molecule has 0 saturated carbocycles. The van der Waals surface area contributed by atoms with E-state index in [9.17, 15) is 4.79 Å². The zero-order chi connectivity index (χ0) is 14.9. The Labute approximate surface area is 122 Å². The minimum Gasteiger partial charge on any atom is -0.468 e. The van der Waals surface area contributed by atoms with Crippen LogP contribution in [0.1, 0.15) is 40.5 Å². The molecule has 0 bridgehead atoms. The van der Waals surface area contributed by atoms with Crippen molar-refractivity contribution in [2.45, 2.75) is 58.8 Å². The highest BCUT2D eigenvalue weighted by molar-refractivity contribution is 5.76. The van der Waals surface area contributed by atoms with E-state index in [1.807, 2.05) is 0 Å². The van der Waals surface area contributed by atoms with Gasteiger partial charge in [0.15, 0.2) is 0 Å². The van der Waals surface area contributed by atoms with Crippen LogP contribution >= 0.6 is 0 Å². The second-order valence-corrected chi connectivity index (χ2v) is 6.38. The summed E-state index contributed by atoms with van der Waals surface area (Å²) < 4.78 is 10.9. The Bertz CT molecular complexity index is 391. The summed E-state index contributed by atoms with van der Waals surface area (Å²) in [6.07, 6.45) is 4.63. The predicted octanol–water partition coefficient (Wildman–Crippen LogP) is 2.59. The molecule has 0 N–H and O–H groups in total. The fraction of sp³-hybridized carbons (Fsp3) is 0.812. The lowest BCUT2D eigenvalue weighted by atomic mass is 9.80. The molecule has 1 fully saturated rings. The molecule has 0 radical (unpaired) electrons. The van der Waals surface area contributed by atoms with Crippen LogP contribution in [0.3, 0.4) is 0 Å². The van der Waals surface area contributed by atoms with Gasteiger partial charge >= 0.3 is 5.97 Å². The fourth-order valence-corrected chi connectivity index (χ4v) is 3.58. The molecule has 0 aromatic heterocycles. The van der Waals surface area contributed by atoms with Crippen molar-refractivity contribution >= 4 is 5.97 Å². The van der Waals surface area contributed by atoms with Gasteiger partial charge in [0.25, 0.3) is 0 Å². The summed E-state index contributed by atoms with van der Waals surface area (Å²) in [7, 11) is 1.45. The van der Waals surface area contributed by atoms with Crippen LogP contribution in [0.25, 0.3) is 0 Å². The third kappa shape index (κ3) is 2.91. The molecule has 2 aliphatic rings. The van der Waals surface area contributed by atoms with E-state index in [0.29, 0.717) is 18.4 Å². The Balaban J connectivity index is 2.17. The molecule has 1 aliphatic carbocycles. The molecule has 0 aromatic rings. The normalized spacial score (nSPS) is 35.2. The van der Waals surface area contributed by atoms with Crippen molar-refractivity contribution < 1.29 is 14.3 Å². The van der Waals surface area contributed by atoms with Crippen molar-refractivity contribution in [2.75, 3.05) is 13.7 Å². The number of methoxy groups -OCH3 is 1. The van der Waals surface area contributed by atoms with E-state index in [2.05, 4.69) is 38.7 Å². The molecular weight excluding hydrogens is 254 g/mol. The van der Waals surface area contributed by atoms with E-state index in [1.165, 1.54) is 12.7 Å². The summed E-state index contributed by atoms with van der Waals surface area (Å²) in [6, 6.07) is 0.00926. The maximum atomic E-state index is 11.9. The average Bonchev–Trinajstić information content (AvgIpc) is 2.82. The largest absolute Gasteiger partial charge is 0.468 e. The highest BCUT2D eigenvalue weighted by atomic mass is 16.5. The van der Waals surface area contributed by atoms with Crippen LogP contribution in [-0.4, -0.2) is 42.9 Å². The van der Waals surface area contributed by atoms with Crippen LogP contribution in [0.4, 0.5) is 0 Å². The highest BCUT2D eigenvalue weighted by Gasteiger charge is 2.45. The summed E-state index contributed by atoms with van der Waals surface area (Å²) in [4.78, 5) is 14.1. The van der Waals surface area contributed by atoms with Gasteiger partial charge in [-0.05, 0) is 39.5 Å². The SMILES string of the molecule is COC(=O)C1COC(C2CCC(C)=CC2C)N1C(C)C. The molecular formula is C16H27NO3. The van der Waals surface area contributed by atoms with Crippen molar-refractivity contribution in [1.82, 2.24) is 4.90 Å². The minimum absolute atomic E-state index is 0.0263. The summed E-state index contributed by atoms with van der Waals surface area (Å²) in [5.41, 5.74) is 1.47. The van der Waals surface area contributed by atoms with E-state index in [1.54, 1.807) is 0 Å². The Morgan fingerprint density at radius 3 is 2.75 bits per heavy atom. The topological polar surface area (TPSA) is 38.8 Å². The Hall–Kier alpha value is -0.870. The molecule has 4 heteroatoms. The van der Waals surface area contributed by atoms with Gasteiger partial charge in [-0.1, -0.05) is 18.6 Å². The number of esters is 1. The van der Waals surface area contributed by atoms with Gasteiger partial charge in [-0.2, -0.15) is 0 Å². The lowest BCUT2D eigenvalue weighted by Crippen LogP contribution is -2.50. The van der Waals surface area contributed by atoms with Crippen LogP contribution in [0, 0.1) is 11.8 Å². The highest BCUT2D eigenvalue weighted by Crippen LogP contribution is 2.37. The lowest BCUT2D eigenvalue weighted by molar-refractivity contribution is -0.147. The van der Waals surface area contributed by atoms with Crippen LogP contribution < -0.4 is 0 Å². The first-order valence-electron chi connectivity index (χ1n) is 7.59. The van der Waals surface area contributed by atoms with E-state index in [0.717, 1.165) is 12.8 Å². The van der Waals surface area contributed by atoms with Crippen molar-refractivity contribution in [3.05, 3.63) is 11.6 Å². The molecule has 0 aromatic carbocycles. The second kappa shape index (κ2) is 6.27. The van der Waals surface area contributed by atoms with Crippen LogP contribution in [-0.2, 0) is 14.3 Å². The zero-order valence-corrected chi connectivity index (χ0v) is 13.3. The van der Waals surface area contributed by atoms with Gasteiger partial charge in [0, 0.05) is 12.0 Å². The van der Waals surface area contributed by atoms with E-state index >= 15 is 0 Å². The number of allylic oxidation sites excluding steroid dienone is 2. The van der Waals surface area contributed by atoms with Gasteiger partial charge in [-0.3, -0.25) is 9.69 Å². The quantitative estimate of drug-likeness (QED) is 0.589. The summed E-state index contributed by atoms with van der Waals surface area (Å²) in [5, 5.41) is 0. The lowest BCUT2D eigenvalue weighted by Gasteiger charge is -2.38. The Kier molecular flexibility index (Phi) is 4.86. The molecule has 20 heavy (non-hydrogen) atoms. The third-order valence-electron chi connectivity index (χ3n) is 4.61. The van der Waals surface area contributed by atoms with Gasteiger partial charge in [-0.25, -0.2) is 0 Å². The number of nitrogens with zero attached hydrogens (tertiary/aromatic N) is 1. The van der Waals surface area contributed by atoms with Crippen LogP contribution in [0.2, 0.25) is 0 Å². The number of hydrogen-bond acceptors (Lipinski definition) is 4. The summed E-state index contributed by atoms with van der Waals surface area (Å²) in [5.74, 6) is 0.763. The van der Waals surface area contributed by atoms with Crippen LogP contribution in [0.15, 0.2) is 11.6 Å². The van der Waals surface area contributed by atoms with E-state index in [4.69, 9.17) is 9.47 Å². The Morgan fingerprint density at radius 2 is 2.20 bits per heavy atom. The predicted molar refractivity (Wildman–Crippen MR) is 78.2 cm³/mol. The molecule has 4 unspecified atom stereocenters. The molecule has 1 aliphatic heterocycles. The van der Waals surface area contributed by atoms with Gasteiger partial charge in [0.1, 0.15) is 12.3 Å². The second-order valence-electron chi connectivity index (χ2n) is 6.38. The van der Waals surface area contributed by atoms with Crippen LogP contribution in [0.5, 0.6) is 0 Å². The first-order valence-corrected chi connectivity index (χ1v) is 7.59. The van der Waals surface area contributed by atoms with Gasteiger partial charge in [0.05, 0.1) is 13.7 Å². The van der Waals surface area contributed by atoms with Gasteiger partial charge < -0.3 is 9.47 Å². The number of rotatable bonds is 3. The maximum absolute atomic E-state index is 11.9. The monoisotopic (exact) mass is 281 g/mol. The third-order valence-corrected chi connectivity index (χ3v) is 4.61. The molecule has 1 saturated heterocycles. The standard InChI is InChI=1S/C16H27NO3/c1-10(2)17-14(16(18)19-5)9-20-15(17)13-7-6-11(3)8-12(13)4/h8,10,12-15H,6-7,9H2,1-5H3. The smallest absolute Gasteiger partial charge is 0.325 e. The molecule has 4 atom stereocenters. The number of carbonyl (C=O) groups is 1.